The average Bonchev–Trinajstić information content (AvgIpc) is 3.66. The standard InChI is InChI=1S/C39H60N6O6/c1-5-14-36(47)44-21-12-13-22-45(44)39(50)51-35(24-30-17-10-7-11-18-30)38(49)43(4)33(25-31-26-40-27-41-31)37(48)42-32(34(46)20-19-28(2)3)23-29-15-8-6-9-16-29/h7,10-11,17-18,26-29,32-35,46H,5-6,8-9,12-16,19-25H2,1-4H3,(H,40,41)(H,42,48)/t32-,33-,34-,35-/m0/s1. The lowest BCUT2D eigenvalue weighted by Gasteiger charge is -2.38. The number of amides is 4. The van der Waals surface area contributed by atoms with E-state index in [2.05, 4.69) is 29.1 Å². The van der Waals surface area contributed by atoms with Crippen molar-refractivity contribution in [3.05, 3.63) is 54.1 Å². The molecule has 282 valence electrons. The Bertz CT molecular complexity index is 1370. The fraction of sp³-hybridized carbons (Fsp3) is 0.667. The summed E-state index contributed by atoms with van der Waals surface area (Å²) in [5.74, 6) is -0.265. The third-order valence-corrected chi connectivity index (χ3v) is 10.3. The normalized spacial score (nSPS) is 17.8. The number of nitrogens with zero attached hydrogens (tertiary/aromatic N) is 4. The van der Waals surface area contributed by atoms with Gasteiger partial charge in [0.1, 0.15) is 6.04 Å². The number of aromatic amines is 1. The number of benzene rings is 1. The second-order valence-electron chi connectivity index (χ2n) is 14.8. The Morgan fingerprint density at radius 1 is 1.00 bits per heavy atom. The topological polar surface area (TPSA) is 148 Å². The molecule has 1 saturated heterocycles. The van der Waals surface area contributed by atoms with Crippen molar-refractivity contribution in [3.8, 4) is 0 Å². The van der Waals surface area contributed by atoms with Crippen LogP contribution in [0, 0.1) is 11.8 Å². The van der Waals surface area contributed by atoms with Crippen molar-refractivity contribution in [3.63, 3.8) is 0 Å². The average molecular weight is 709 g/mol. The first-order chi connectivity index (χ1) is 24.6. The van der Waals surface area contributed by atoms with E-state index in [1.165, 1.54) is 27.7 Å². The first kappa shape index (κ1) is 39.8. The van der Waals surface area contributed by atoms with E-state index in [-0.39, 0.29) is 24.7 Å². The van der Waals surface area contributed by atoms with Crippen LogP contribution in [0.1, 0.15) is 109 Å². The molecule has 3 N–H and O–H groups in total. The van der Waals surface area contributed by atoms with Crippen molar-refractivity contribution in [2.24, 2.45) is 11.8 Å². The van der Waals surface area contributed by atoms with Gasteiger partial charge in [-0.2, -0.15) is 0 Å². The molecule has 51 heavy (non-hydrogen) atoms. The highest BCUT2D eigenvalue weighted by atomic mass is 16.6. The van der Waals surface area contributed by atoms with Crippen LogP contribution in [-0.2, 0) is 32.0 Å². The van der Waals surface area contributed by atoms with E-state index >= 15 is 0 Å². The monoisotopic (exact) mass is 708 g/mol. The largest absolute Gasteiger partial charge is 0.434 e. The molecule has 2 aromatic rings. The number of H-pyrrole nitrogens is 1. The predicted octanol–water partition coefficient (Wildman–Crippen LogP) is 5.42. The molecule has 1 saturated carbocycles. The van der Waals surface area contributed by atoms with Gasteiger partial charge in [0.15, 0.2) is 6.10 Å². The van der Waals surface area contributed by atoms with Crippen LogP contribution in [0.5, 0.6) is 0 Å². The van der Waals surface area contributed by atoms with Crippen LogP contribution < -0.4 is 5.32 Å². The number of carbonyl (C=O) groups excluding carboxylic acids is 4. The highest BCUT2D eigenvalue weighted by molar-refractivity contribution is 5.91. The van der Waals surface area contributed by atoms with E-state index in [4.69, 9.17) is 4.74 Å². The molecular formula is C39H60N6O6. The summed E-state index contributed by atoms with van der Waals surface area (Å²) in [6.45, 7) is 6.86. The van der Waals surface area contributed by atoms with E-state index < -0.39 is 36.3 Å². The molecule has 4 amide bonds. The van der Waals surface area contributed by atoms with Gasteiger partial charge < -0.3 is 25.0 Å². The van der Waals surface area contributed by atoms with E-state index in [0.717, 1.165) is 44.1 Å². The molecule has 4 rings (SSSR count). The van der Waals surface area contributed by atoms with Crippen LogP contribution in [0.2, 0.25) is 0 Å². The lowest BCUT2D eigenvalue weighted by atomic mass is 9.83. The second-order valence-corrected chi connectivity index (χ2v) is 14.8. The van der Waals surface area contributed by atoms with Gasteiger partial charge in [0.2, 0.25) is 11.8 Å². The minimum absolute atomic E-state index is 0.0864. The van der Waals surface area contributed by atoms with E-state index in [1.54, 1.807) is 13.2 Å². The molecule has 1 aromatic carbocycles. The Balaban J connectivity index is 1.59. The number of aliphatic hydroxyl groups is 1. The maximum atomic E-state index is 14.5. The van der Waals surface area contributed by atoms with Crippen molar-refractivity contribution in [1.29, 1.82) is 0 Å². The molecule has 4 atom stereocenters. The summed E-state index contributed by atoms with van der Waals surface area (Å²) in [5, 5.41) is 17.3. The molecule has 2 aliphatic rings. The lowest BCUT2D eigenvalue weighted by Crippen LogP contribution is -2.57. The molecule has 1 aromatic heterocycles. The van der Waals surface area contributed by atoms with Gasteiger partial charge in [0.05, 0.1) is 18.5 Å². The molecule has 2 heterocycles. The quantitative estimate of drug-likeness (QED) is 0.199. The van der Waals surface area contributed by atoms with Crippen LogP contribution in [0.4, 0.5) is 4.79 Å². The molecule has 1 aliphatic heterocycles. The Labute approximate surface area is 303 Å². The summed E-state index contributed by atoms with van der Waals surface area (Å²) in [6, 6.07) is 7.83. The predicted molar refractivity (Wildman–Crippen MR) is 195 cm³/mol. The summed E-state index contributed by atoms with van der Waals surface area (Å²) in [4.78, 5) is 64.0. The summed E-state index contributed by atoms with van der Waals surface area (Å²) in [7, 11) is 1.55. The molecule has 0 radical (unpaired) electrons. The number of carbonyl (C=O) groups is 4. The van der Waals surface area contributed by atoms with E-state index in [9.17, 15) is 24.3 Å². The SMILES string of the molecule is CCCC(=O)N1CCCCN1C(=O)O[C@@H](Cc1ccccc1)C(=O)N(C)[C@@H](Cc1cnc[nH]1)C(=O)N[C@@H](CC1CCCCC1)[C@@H](O)CCC(C)C. The minimum atomic E-state index is -1.26. The van der Waals surface area contributed by atoms with Gasteiger partial charge in [-0.05, 0) is 55.9 Å². The van der Waals surface area contributed by atoms with Crippen LogP contribution in [0.15, 0.2) is 42.9 Å². The number of imidazole rings is 1. The van der Waals surface area contributed by atoms with Crippen LogP contribution >= 0.6 is 0 Å². The first-order valence-electron chi connectivity index (χ1n) is 19.1. The highest BCUT2D eigenvalue weighted by Gasteiger charge is 2.38. The van der Waals surface area contributed by atoms with Crippen molar-refractivity contribution in [2.45, 2.75) is 135 Å². The van der Waals surface area contributed by atoms with Gasteiger partial charge >= 0.3 is 6.09 Å². The van der Waals surface area contributed by atoms with Gasteiger partial charge in [0, 0.05) is 51.3 Å². The summed E-state index contributed by atoms with van der Waals surface area (Å²) in [5.41, 5.74) is 1.44. The molecule has 12 nitrogen and oxygen atoms in total. The van der Waals surface area contributed by atoms with Crippen LogP contribution in [-0.4, -0.2) is 98.2 Å². The molecule has 1 aliphatic carbocycles. The number of aliphatic hydroxyl groups excluding tert-OH is 1. The number of hydrazine groups is 1. The molecule has 0 bridgehead atoms. The summed E-state index contributed by atoms with van der Waals surface area (Å²) < 4.78 is 5.98. The van der Waals surface area contributed by atoms with Gasteiger partial charge in [-0.3, -0.25) is 14.4 Å². The van der Waals surface area contributed by atoms with Crippen LogP contribution in [0.3, 0.4) is 0 Å². The first-order valence-corrected chi connectivity index (χ1v) is 19.1. The number of rotatable bonds is 17. The molecule has 0 spiro atoms. The molecule has 0 unspecified atom stereocenters. The zero-order valence-corrected chi connectivity index (χ0v) is 31.1. The minimum Gasteiger partial charge on any atom is -0.434 e. The smallest absolute Gasteiger partial charge is 0.429 e. The maximum absolute atomic E-state index is 14.5. The highest BCUT2D eigenvalue weighted by Crippen LogP contribution is 2.29. The van der Waals surface area contributed by atoms with Gasteiger partial charge in [-0.1, -0.05) is 83.2 Å². The summed E-state index contributed by atoms with van der Waals surface area (Å²) >= 11 is 0. The third-order valence-electron chi connectivity index (χ3n) is 10.3. The second kappa shape index (κ2) is 20.2. The Morgan fingerprint density at radius 2 is 1.71 bits per heavy atom. The maximum Gasteiger partial charge on any atom is 0.429 e. The van der Waals surface area contributed by atoms with Gasteiger partial charge in [-0.25, -0.2) is 19.8 Å². The van der Waals surface area contributed by atoms with E-state index in [0.29, 0.717) is 62.7 Å². The third kappa shape index (κ3) is 12.1. The van der Waals surface area contributed by atoms with Crippen molar-refractivity contribution in [2.75, 3.05) is 20.1 Å². The van der Waals surface area contributed by atoms with Gasteiger partial charge in [-0.15, -0.1) is 0 Å². The zero-order chi connectivity index (χ0) is 36.8. The molecular weight excluding hydrogens is 648 g/mol. The fourth-order valence-corrected chi connectivity index (χ4v) is 7.22. The number of hydrogen-bond donors (Lipinski definition) is 3. The van der Waals surface area contributed by atoms with Crippen LogP contribution in [0.25, 0.3) is 0 Å². The van der Waals surface area contributed by atoms with E-state index in [1.807, 2.05) is 37.3 Å². The van der Waals surface area contributed by atoms with Crippen molar-refractivity contribution < 1.29 is 29.0 Å². The van der Waals surface area contributed by atoms with Gasteiger partial charge in [0.25, 0.3) is 5.91 Å². The summed E-state index contributed by atoms with van der Waals surface area (Å²) in [6.07, 6.45) is 10.8. The van der Waals surface area contributed by atoms with Crippen molar-refractivity contribution in [1.82, 2.24) is 30.2 Å². The lowest BCUT2D eigenvalue weighted by molar-refractivity contribution is -0.154. The number of hydrogen-bond acceptors (Lipinski definition) is 7. The molecule has 12 heteroatoms. The van der Waals surface area contributed by atoms with Crippen molar-refractivity contribution >= 4 is 23.8 Å². The Kier molecular flexibility index (Phi) is 15.8. The number of likely N-dealkylation sites (N-methyl/N-ethyl adjacent to an activating group) is 1. The Morgan fingerprint density at radius 3 is 2.35 bits per heavy atom. The number of aromatic nitrogens is 2. The zero-order valence-electron chi connectivity index (χ0n) is 31.1. The Hall–Kier alpha value is -3.93. The molecule has 2 fully saturated rings. The number of nitrogens with one attached hydrogen (secondary N) is 2. The fourth-order valence-electron chi connectivity index (χ4n) is 7.22. The number of ether oxygens (including phenoxy) is 1.